The van der Waals surface area contributed by atoms with Crippen LogP contribution in [0.4, 0.5) is 0 Å². The summed E-state index contributed by atoms with van der Waals surface area (Å²) in [6.45, 7) is 3.74. The molecule has 0 aromatic heterocycles. The Bertz CT molecular complexity index is 652. The van der Waals surface area contributed by atoms with Crippen molar-refractivity contribution in [2.45, 2.75) is 38.6 Å². The van der Waals surface area contributed by atoms with Gasteiger partial charge in [-0.05, 0) is 37.8 Å². The summed E-state index contributed by atoms with van der Waals surface area (Å²) >= 11 is 0. The fourth-order valence-electron chi connectivity index (χ4n) is 2.96. The van der Waals surface area contributed by atoms with Gasteiger partial charge in [0, 0.05) is 25.6 Å². The highest BCUT2D eigenvalue weighted by Gasteiger charge is 2.24. The Labute approximate surface area is 144 Å². The van der Waals surface area contributed by atoms with Crippen molar-refractivity contribution in [1.29, 1.82) is 0 Å². The molecule has 1 aromatic carbocycles. The molecule has 1 aliphatic rings. The average molecular weight is 354 g/mol. The van der Waals surface area contributed by atoms with Gasteiger partial charge in [-0.25, -0.2) is 13.1 Å². The number of rotatable bonds is 7. The van der Waals surface area contributed by atoms with Gasteiger partial charge in [-0.15, -0.1) is 0 Å². The van der Waals surface area contributed by atoms with Crippen molar-refractivity contribution < 1.29 is 17.9 Å². The Balaban J connectivity index is 1.82. The number of carbonyl (C=O) groups is 1. The minimum absolute atomic E-state index is 0.0669. The predicted octanol–water partition coefficient (Wildman–Crippen LogP) is 1.56. The topological polar surface area (TPSA) is 75.7 Å². The normalized spacial score (nSPS) is 16.2. The van der Waals surface area contributed by atoms with Gasteiger partial charge < -0.3 is 9.64 Å². The van der Waals surface area contributed by atoms with Gasteiger partial charge in [0.1, 0.15) is 5.75 Å². The monoisotopic (exact) mass is 354 g/mol. The zero-order valence-electron chi connectivity index (χ0n) is 14.3. The summed E-state index contributed by atoms with van der Waals surface area (Å²) in [5.41, 5.74) is 1.04. The molecule has 7 heteroatoms. The number of para-hydroxylation sites is 1. The number of hydrogen-bond acceptors (Lipinski definition) is 4. The number of nitrogens with zero attached hydrogens (tertiary/aromatic N) is 1. The van der Waals surface area contributed by atoms with Gasteiger partial charge in [-0.1, -0.05) is 18.2 Å². The number of ether oxygens (including phenoxy) is 1. The number of aryl methyl sites for hydroxylation is 1. The van der Waals surface area contributed by atoms with Crippen LogP contribution in [0.1, 0.15) is 31.7 Å². The molecule has 1 aromatic rings. The molecule has 1 N–H and O–H groups in total. The second kappa shape index (κ2) is 8.48. The van der Waals surface area contributed by atoms with Gasteiger partial charge in [0.2, 0.25) is 15.9 Å². The molecular weight excluding hydrogens is 328 g/mol. The van der Waals surface area contributed by atoms with Crippen LogP contribution in [0.15, 0.2) is 24.3 Å². The van der Waals surface area contributed by atoms with Crippen LogP contribution in [0.2, 0.25) is 0 Å². The maximum absolute atomic E-state index is 12.4. The van der Waals surface area contributed by atoms with Crippen LogP contribution in [0.3, 0.4) is 0 Å². The predicted molar refractivity (Wildman–Crippen MR) is 93.5 cm³/mol. The lowest BCUT2D eigenvalue weighted by Gasteiger charge is -2.32. The number of nitrogens with one attached hydrogen (secondary N) is 1. The minimum atomic E-state index is -3.19. The van der Waals surface area contributed by atoms with Crippen molar-refractivity contribution in [1.82, 2.24) is 9.62 Å². The standard InChI is InChI=1S/C17H26N2O4S/c1-3-23-16-7-5-4-6-14(16)8-9-17(20)19-12-10-15(11-13-19)18-24(2,21)22/h4-7,15,18H,3,8-13H2,1-2H3. The summed E-state index contributed by atoms with van der Waals surface area (Å²) in [6, 6.07) is 7.72. The molecule has 1 amide bonds. The van der Waals surface area contributed by atoms with Crippen LogP contribution in [-0.4, -0.2) is 51.2 Å². The van der Waals surface area contributed by atoms with Gasteiger partial charge in [-0.2, -0.15) is 0 Å². The van der Waals surface area contributed by atoms with Crippen molar-refractivity contribution in [2.24, 2.45) is 0 Å². The lowest BCUT2D eigenvalue weighted by Crippen LogP contribution is -2.46. The lowest BCUT2D eigenvalue weighted by atomic mass is 10.0. The third-order valence-electron chi connectivity index (χ3n) is 4.11. The number of piperidine rings is 1. The number of amides is 1. The van der Waals surface area contributed by atoms with Crippen LogP contribution < -0.4 is 9.46 Å². The fraction of sp³-hybridized carbons (Fsp3) is 0.588. The summed E-state index contributed by atoms with van der Waals surface area (Å²) in [6.07, 6.45) is 3.58. The minimum Gasteiger partial charge on any atom is -0.494 e. The molecule has 0 aliphatic carbocycles. The highest BCUT2D eigenvalue weighted by Crippen LogP contribution is 2.20. The first-order valence-electron chi connectivity index (χ1n) is 8.35. The van der Waals surface area contributed by atoms with Gasteiger partial charge >= 0.3 is 0 Å². The van der Waals surface area contributed by atoms with E-state index in [0.29, 0.717) is 45.4 Å². The molecule has 1 fully saturated rings. The van der Waals surface area contributed by atoms with Gasteiger partial charge in [0.25, 0.3) is 0 Å². The molecule has 6 nitrogen and oxygen atoms in total. The quantitative estimate of drug-likeness (QED) is 0.806. The molecule has 0 atom stereocenters. The SMILES string of the molecule is CCOc1ccccc1CCC(=O)N1CCC(NS(C)(=O)=O)CC1. The number of benzene rings is 1. The summed E-state index contributed by atoms with van der Waals surface area (Å²) in [5, 5.41) is 0. The Morgan fingerprint density at radius 1 is 1.29 bits per heavy atom. The molecule has 2 rings (SSSR count). The molecule has 134 valence electrons. The lowest BCUT2D eigenvalue weighted by molar-refractivity contribution is -0.132. The second-order valence-corrected chi connectivity index (χ2v) is 7.87. The van der Waals surface area contributed by atoms with E-state index in [9.17, 15) is 13.2 Å². The third kappa shape index (κ3) is 5.79. The molecule has 0 radical (unpaired) electrons. The van der Waals surface area contributed by atoms with E-state index in [-0.39, 0.29) is 11.9 Å². The molecule has 24 heavy (non-hydrogen) atoms. The summed E-state index contributed by atoms with van der Waals surface area (Å²) in [5.74, 6) is 0.947. The third-order valence-corrected chi connectivity index (χ3v) is 4.87. The van der Waals surface area contributed by atoms with Crippen LogP contribution in [0, 0.1) is 0 Å². The van der Waals surface area contributed by atoms with Crippen molar-refractivity contribution in [3.63, 3.8) is 0 Å². The van der Waals surface area contributed by atoms with E-state index in [0.717, 1.165) is 11.3 Å². The maximum atomic E-state index is 12.4. The average Bonchev–Trinajstić information content (AvgIpc) is 2.53. The van der Waals surface area contributed by atoms with E-state index in [4.69, 9.17) is 4.74 Å². The van der Waals surface area contributed by atoms with E-state index in [1.807, 2.05) is 36.1 Å². The van der Waals surface area contributed by atoms with Crippen molar-refractivity contribution in [2.75, 3.05) is 26.0 Å². The molecule has 1 aliphatic heterocycles. The summed E-state index contributed by atoms with van der Waals surface area (Å²) in [4.78, 5) is 14.2. The first kappa shape index (κ1) is 18.7. The van der Waals surface area contributed by atoms with Gasteiger partial charge in [0.15, 0.2) is 0 Å². The zero-order valence-corrected chi connectivity index (χ0v) is 15.1. The largest absolute Gasteiger partial charge is 0.494 e. The Hall–Kier alpha value is -1.60. The molecule has 0 saturated carbocycles. The van der Waals surface area contributed by atoms with Crippen molar-refractivity contribution >= 4 is 15.9 Å². The smallest absolute Gasteiger partial charge is 0.222 e. The molecule has 0 bridgehead atoms. The zero-order chi connectivity index (χ0) is 17.6. The van der Waals surface area contributed by atoms with Crippen LogP contribution in [0.5, 0.6) is 5.75 Å². The number of carbonyl (C=O) groups excluding carboxylic acids is 1. The van der Waals surface area contributed by atoms with E-state index < -0.39 is 10.0 Å². The molecular formula is C17H26N2O4S. The molecule has 1 saturated heterocycles. The van der Waals surface area contributed by atoms with E-state index >= 15 is 0 Å². The van der Waals surface area contributed by atoms with Crippen LogP contribution >= 0.6 is 0 Å². The molecule has 0 unspecified atom stereocenters. The Kier molecular flexibility index (Phi) is 6.62. The van der Waals surface area contributed by atoms with Gasteiger partial charge in [-0.3, -0.25) is 4.79 Å². The van der Waals surface area contributed by atoms with E-state index in [1.54, 1.807) is 0 Å². The molecule has 1 heterocycles. The fourth-order valence-corrected chi connectivity index (χ4v) is 3.80. The van der Waals surface area contributed by atoms with Crippen molar-refractivity contribution in [3.8, 4) is 5.75 Å². The Morgan fingerprint density at radius 3 is 2.58 bits per heavy atom. The number of likely N-dealkylation sites (tertiary alicyclic amines) is 1. The number of hydrogen-bond donors (Lipinski definition) is 1. The maximum Gasteiger partial charge on any atom is 0.222 e. The highest BCUT2D eigenvalue weighted by atomic mass is 32.2. The highest BCUT2D eigenvalue weighted by molar-refractivity contribution is 7.88. The number of sulfonamides is 1. The summed E-state index contributed by atoms with van der Waals surface area (Å²) in [7, 11) is -3.19. The Morgan fingerprint density at radius 2 is 1.96 bits per heavy atom. The first-order valence-corrected chi connectivity index (χ1v) is 10.2. The molecule has 0 spiro atoms. The van der Waals surface area contributed by atoms with Crippen LogP contribution in [-0.2, 0) is 21.2 Å². The van der Waals surface area contributed by atoms with E-state index in [1.165, 1.54) is 6.26 Å². The summed E-state index contributed by atoms with van der Waals surface area (Å²) < 4.78 is 30.7. The second-order valence-electron chi connectivity index (χ2n) is 6.09. The van der Waals surface area contributed by atoms with E-state index in [2.05, 4.69) is 4.72 Å². The first-order chi connectivity index (χ1) is 11.4. The van der Waals surface area contributed by atoms with Crippen molar-refractivity contribution in [3.05, 3.63) is 29.8 Å². The van der Waals surface area contributed by atoms with Gasteiger partial charge in [0.05, 0.1) is 12.9 Å². The van der Waals surface area contributed by atoms with Crippen LogP contribution in [0.25, 0.3) is 0 Å².